The molecule has 0 saturated carbocycles. The highest BCUT2D eigenvalue weighted by atomic mass is 19.4. The van der Waals surface area contributed by atoms with Crippen LogP contribution in [-0.4, -0.2) is 43.4 Å². The van der Waals surface area contributed by atoms with Crippen molar-refractivity contribution in [2.75, 3.05) is 37.5 Å². The zero-order chi connectivity index (χ0) is 15.2. The number of nitrogens with one attached hydrogen (secondary N) is 1. The maximum atomic E-state index is 12.2. The van der Waals surface area contributed by atoms with E-state index >= 15 is 0 Å². The smallest absolute Gasteiger partial charge is 0.377 e. The van der Waals surface area contributed by atoms with Gasteiger partial charge in [-0.15, -0.1) is 0 Å². The molecular weight excluding hydrogens is 273 g/mol. The quantitative estimate of drug-likeness (QED) is 0.836. The van der Waals surface area contributed by atoms with E-state index < -0.39 is 12.6 Å². The van der Waals surface area contributed by atoms with Gasteiger partial charge >= 0.3 is 6.18 Å². The van der Waals surface area contributed by atoms with Crippen molar-refractivity contribution in [3.05, 3.63) is 11.9 Å². The SMILES string of the molecule is CCNc1cc(N(C)CCC(F)(F)F)nc(COC)n1. The number of rotatable bonds is 7. The summed E-state index contributed by atoms with van der Waals surface area (Å²) in [6.07, 6.45) is -5.06. The Kier molecular flexibility index (Phi) is 6.00. The average Bonchev–Trinajstić information content (AvgIpc) is 2.35. The molecule has 0 amide bonds. The minimum Gasteiger partial charge on any atom is -0.377 e. The molecule has 0 atom stereocenters. The third-order valence-electron chi connectivity index (χ3n) is 2.51. The second-order valence-corrected chi connectivity index (χ2v) is 4.28. The van der Waals surface area contributed by atoms with Crippen molar-refractivity contribution in [2.24, 2.45) is 0 Å². The van der Waals surface area contributed by atoms with E-state index in [1.54, 1.807) is 13.1 Å². The van der Waals surface area contributed by atoms with E-state index in [9.17, 15) is 13.2 Å². The Morgan fingerprint density at radius 1 is 1.35 bits per heavy atom. The van der Waals surface area contributed by atoms with Gasteiger partial charge in [0.25, 0.3) is 0 Å². The van der Waals surface area contributed by atoms with Crippen molar-refractivity contribution in [1.29, 1.82) is 0 Å². The van der Waals surface area contributed by atoms with E-state index in [1.165, 1.54) is 12.0 Å². The van der Waals surface area contributed by atoms with E-state index in [0.29, 0.717) is 24.0 Å². The highest BCUT2D eigenvalue weighted by Gasteiger charge is 2.27. The minimum atomic E-state index is -4.18. The lowest BCUT2D eigenvalue weighted by atomic mass is 10.3. The molecule has 0 saturated heterocycles. The Hall–Kier alpha value is -1.57. The summed E-state index contributed by atoms with van der Waals surface area (Å²) in [5.41, 5.74) is 0. The maximum absolute atomic E-state index is 12.2. The summed E-state index contributed by atoms with van der Waals surface area (Å²) in [5.74, 6) is 1.44. The third kappa shape index (κ3) is 5.60. The van der Waals surface area contributed by atoms with Gasteiger partial charge in [0.05, 0.1) is 6.42 Å². The van der Waals surface area contributed by atoms with Crippen molar-refractivity contribution in [3.8, 4) is 0 Å². The van der Waals surface area contributed by atoms with Gasteiger partial charge in [-0.05, 0) is 6.92 Å². The van der Waals surface area contributed by atoms with Crippen LogP contribution < -0.4 is 10.2 Å². The van der Waals surface area contributed by atoms with Gasteiger partial charge in [0.2, 0.25) is 0 Å². The van der Waals surface area contributed by atoms with Crippen LogP contribution in [0.25, 0.3) is 0 Å². The van der Waals surface area contributed by atoms with E-state index in [-0.39, 0.29) is 13.2 Å². The second kappa shape index (κ2) is 7.28. The van der Waals surface area contributed by atoms with Crippen molar-refractivity contribution in [3.63, 3.8) is 0 Å². The highest BCUT2D eigenvalue weighted by Crippen LogP contribution is 2.22. The van der Waals surface area contributed by atoms with E-state index in [4.69, 9.17) is 4.74 Å². The van der Waals surface area contributed by atoms with Gasteiger partial charge in [-0.2, -0.15) is 13.2 Å². The van der Waals surface area contributed by atoms with Crippen LogP contribution in [0, 0.1) is 0 Å². The summed E-state index contributed by atoms with van der Waals surface area (Å²) < 4.78 is 41.7. The molecule has 1 aromatic heterocycles. The molecular formula is C12H19F3N4O. The van der Waals surface area contributed by atoms with Crippen molar-refractivity contribution >= 4 is 11.6 Å². The predicted molar refractivity (Wildman–Crippen MR) is 70.9 cm³/mol. The summed E-state index contributed by atoms with van der Waals surface area (Å²) in [7, 11) is 3.08. The number of halogens is 3. The fraction of sp³-hybridized carbons (Fsp3) is 0.667. The van der Waals surface area contributed by atoms with Crippen LogP contribution in [-0.2, 0) is 11.3 Å². The Balaban J connectivity index is 2.85. The number of aromatic nitrogens is 2. The normalized spacial score (nSPS) is 11.5. The van der Waals surface area contributed by atoms with Crippen LogP contribution in [0.4, 0.5) is 24.8 Å². The van der Waals surface area contributed by atoms with Crippen molar-refractivity contribution in [1.82, 2.24) is 9.97 Å². The van der Waals surface area contributed by atoms with Crippen LogP contribution in [0.2, 0.25) is 0 Å². The van der Waals surface area contributed by atoms with E-state index in [2.05, 4.69) is 15.3 Å². The Labute approximate surface area is 116 Å². The molecule has 0 spiro atoms. The molecule has 5 nitrogen and oxygen atoms in total. The first-order chi connectivity index (χ1) is 9.35. The first-order valence-electron chi connectivity index (χ1n) is 6.24. The number of anilines is 2. The topological polar surface area (TPSA) is 50.3 Å². The summed E-state index contributed by atoms with van der Waals surface area (Å²) in [4.78, 5) is 9.85. The first-order valence-corrected chi connectivity index (χ1v) is 6.24. The molecule has 0 unspecified atom stereocenters. The zero-order valence-electron chi connectivity index (χ0n) is 11.8. The molecule has 0 aliphatic rings. The Bertz CT molecular complexity index is 401. The van der Waals surface area contributed by atoms with Crippen LogP contribution >= 0.6 is 0 Å². The standard InChI is InChI=1S/C12H19F3N4O/c1-4-16-9-7-11(18-10(17-9)8-20-3)19(2)6-5-12(13,14)15/h7H,4-6,8H2,1-3H3,(H,16,17,18). The van der Waals surface area contributed by atoms with Gasteiger partial charge in [-0.25, -0.2) is 9.97 Å². The number of hydrogen-bond acceptors (Lipinski definition) is 5. The molecule has 0 radical (unpaired) electrons. The molecule has 0 aromatic carbocycles. The number of hydrogen-bond donors (Lipinski definition) is 1. The molecule has 1 aromatic rings. The summed E-state index contributed by atoms with van der Waals surface area (Å²) in [6.45, 7) is 2.62. The fourth-order valence-corrected chi connectivity index (χ4v) is 1.55. The van der Waals surface area contributed by atoms with Gasteiger partial charge in [-0.1, -0.05) is 0 Å². The van der Waals surface area contributed by atoms with Gasteiger partial charge in [0.1, 0.15) is 18.2 Å². The van der Waals surface area contributed by atoms with Gasteiger partial charge in [-0.3, -0.25) is 0 Å². The first kappa shape index (κ1) is 16.5. The molecule has 1 heterocycles. The van der Waals surface area contributed by atoms with Crippen LogP contribution in [0.3, 0.4) is 0 Å². The monoisotopic (exact) mass is 292 g/mol. The fourth-order valence-electron chi connectivity index (χ4n) is 1.55. The summed E-state index contributed by atoms with van der Waals surface area (Å²) in [6, 6.07) is 1.62. The lowest BCUT2D eigenvalue weighted by Crippen LogP contribution is -2.25. The Morgan fingerprint density at radius 2 is 2.05 bits per heavy atom. The highest BCUT2D eigenvalue weighted by molar-refractivity contribution is 5.48. The average molecular weight is 292 g/mol. The number of methoxy groups -OCH3 is 1. The molecule has 0 aliphatic carbocycles. The molecule has 20 heavy (non-hydrogen) atoms. The van der Waals surface area contributed by atoms with Gasteiger partial charge in [0.15, 0.2) is 5.82 Å². The van der Waals surface area contributed by atoms with Crippen LogP contribution in [0.5, 0.6) is 0 Å². The molecule has 0 aliphatic heterocycles. The Morgan fingerprint density at radius 3 is 2.60 bits per heavy atom. The number of nitrogens with zero attached hydrogens (tertiary/aromatic N) is 3. The van der Waals surface area contributed by atoms with Crippen LogP contribution in [0.1, 0.15) is 19.2 Å². The minimum absolute atomic E-state index is 0.154. The molecule has 8 heteroatoms. The zero-order valence-corrected chi connectivity index (χ0v) is 11.8. The largest absolute Gasteiger partial charge is 0.390 e. The van der Waals surface area contributed by atoms with Crippen molar-refractivity contribution < 1.29 is 17.9 Å². The molecule has 0 fully saturated rings. The van der Waals surface area contributed by atoms with Gasteiger partial charge in [0, 0.05) is 33.3 Å². The molecule has 0 bridgehead atoms. The molecule has 114 valence electrons. The maximum Gasteiger partial charge on any atom is 0.390 e. The summed E-state index contributed by atoms with van der Waals surface area (Å²) in [5, 5.41) is 3.02. The predicted octanol–water partition coefficient (Wildman–Crippen LogP) is 2.44. The third-order valence-corrected chi connectivity index (χ3v) is 2.51. The second-order valence-electron chi connectivity index (χ2n) is 4.28. The number of alkyl halides is 3. The van der Waals surface area contributed by atoms with Crippen molar-refractivity contribution in [2.45, 2.75) is 26.1 Å². The lowest BCUT2D eigenvalue weighted by Gasteiger charge is -2.20. The number of ether oxygens (including phenoxy) is 1. The van der Waals surface area contributed by atoms with Crippen LogP contribution in [0.15, 0.2) is 6.07 Å². The van der Waals surface area contributed by atoms with E-state index in [0.717, 1.165) is 0 Å². The van der Waals surface area contributed by atoms with E-state index in [1.807, 2.05) is 6.92 Å². The lowest BCUT2D eigenvalue weighted by molar-refractivity contribution is -0.132. The molecule has 1 rings (SSSR count). The molecule has 1 N–H and O–H groups in total. The summed E-state index contributed by atoms with van der Waals surface area (Å²) >= 11 is 0. The van der Waals surface area contributed by atoms with Gasteiger partial charge < -0.3 is 15.0 Å².